The quantitative estimate of drug-likeness (QED) is 0.417. The lowest BCUT2D eigenvalue weighted by Gasteiger charge is -2.20. The van der Waals surface area contributed by atoms with Crippen LogP contribution in [0.25, 0.3) is 21.7 Å². The number of furan rings is 1. The van der Waals surface area contributed by atoms with Crippen LogP contribution in [0.15, 0.2) is 41.0 Å². The molecule has 0 atom stereocenters. The van der Waals surface area contributed by atoms with Crippen molar-refractivity contribution in [3.8, 4) is 5.75 Å². The normalized spacial score (nSPS) is 11.4. The Morgan fingerprint density at radius 1 is 1.03 bits per heavy atom. The molecule has 0 saturated carbocycles. The molecule has 5 nitrogen and oxygen atoms in total. The molecular formula is C24H31NO4. The maximum absolute atomic E-state index is 11.9. The molecule has 0 amide bonds. The van der Waals surface area contributed by atoms with Gasteiger partial charge < -0.3 is 13.9 Å². The van der Waals surface area contributed by atoms with Crippen LogP contribution < -0.4 is 4.74 Å². The molecule has 5 heteroatoms. The molecule has 0 saturated heterocycles. The Morgan fingerprint density at radius 3 is 2.55 bits per heavy atom. The highest BCUT2D eigenvalue weighted by atomic mass is 16.5. The number of hydrogen-bond donors (Lipinski definition) is 0. The van der Waals surface area contributed by atoms with Crippen LogP contribution in [0.1, 0.15) is 39.2 Å². The highest BCUT2D eigenvalue weighted by molar-refractivity contribution is 6.08. The van der Waals surface area contributed by atoms with E-state index in [4.69, 9.17) is 13.9 Å². The average Bonchev–Trinajstić information content (AvgIpc) is 3.11. The van der Waals surface area contributed by atoms with Crippen molar-refractivity contribution in [1.82, 2.24) is 4.90 Å². The van der Waals surface area contributed by atoms with E-state index in [0.717, 1.165) is 65.5 Å². The predicted molar refractivity (Wildman–Crippen MR) is 117 cm³/mol. The van der Waals surface area contributed by atoms with Gasteiger partial charge in [0.2, 0.25) is 0 Å². The standard InChI is InChI=1S/C24H31NO4/c1-4-11-25(12-5-2)13-14-28-20-8-9-21-18(15-20)7-10-22-24(21)19(17-29-22)16-23(26)27-6-3/h7-10,15,17H,4-6,11-14,16H2,1-3H3. The van der Waals surface area contributed by atoms with Gasteiger partial charge in [0.25, 0.3) is 0 Å². The van der Waals surface area contributed by atoms with E-state index in [2.05, 4.69) is 24.8 Å². The predicted octanol–water partition coefficient (Wildman–Crippen LogP) is 5.19. The highest BCUT2D eigenvalue weighted by Crippen LogP contribution is 2.32. The summed E-state index contributed by atoms with van der Waals surface area (Å²) in [5.41, 5.74) is 1.63. The number of ether oxygens (including phenoxy) is 2. The van der Waals surface area contributed by atoms with Gasteiger partial charge in [-0.15, -0.1) is 0 Å². The fourth-order valence-electron chi connectivity index (χ4n) is 3.76. The van der Waals surface area contributed by atoms with Crippen molar-refractivity contribution in [2.45, 2.75) is 40.0 Å². The van der Waals surface area contributed by atoms with Gasteiger partial charge >= 0.3 is 5.97 Å². The molecule has 156 valence electrons. The number of carbonyl (C=O) groups is 1. The minimum atomic E-state index is -0.240. The third-order valence-electron chi connectivity index (χ3n) is 5.00. The van der Waals surface area contributed by atoms with Gasteiger partial charge in [0.1, 0.15) is 17.9 Å². The number of benzene rings is 2. The maximum Gasteiger partial charge on any atom is 0.310 e. The molecule has 3 rings (SSSR count). The summed E-state index contributed by atoms with van der Waals surface area (Å²) >= 11 is 0. The number of nitrogens with zero attached hydrogens (tertiary/aromatic N) is 1. The Balaban J connectivity index is 1.76. The van der Waals surface area contributed by atoms with Crippen LogP contribution in [-0.2, 0) is 16.0 Å². The van der Waals surface area contributed by atoms with Crippen LogP contribution in [0.2, 0.25) is 0 Å². The van der Waals surface area contributed by atoms with Crippen LogP contribution in [0, 0.1) is 0 Å². The van der Waals surface area contributed by atoms with E-state index in [9.17, 15) is 4.79 Å². The molecule has 0 radical (unpaired) electrons. The molecule has 0 bridgehead atoms. The van der Waals surface area contributed by atoms with Crippen molar-refractivity contribution in [2.24, 2.45) is 0 Å². The fraction of sp³-hybridized carbons (Fsp3) is 0.458. The molecule has 0 aliphatic rings. The zero-order valence-electron chi connectivity index (χ0n) is 17.7. The van der Waals surface area contributed by atoms with Gasteiger partial charge in [0.15, 0.2) is 0 Å². The first-order valence-corrected chi connectivity index (χ1v) is 10.6. The van der Waals surface area contributed by atoms with Crippen LogP contribution >= 0.6 is 0 Å². The molecule has 1 heterocycles. The largest absolute Gasteiger partial charge is 0.492 e. The highest BCUT2D eigenvalue weighted by Gasteiger charge is 2.14. The molecule has 3 aromatic rings. The maximum atomic E-state index is 11.9. The first-order valence-electron chi connectivity index (χ1n) is 10.6. The lowest BCUT2D eigenvalue weighted by molar-refractivity contribution is -0.142. The molecule has 0 fully saturated rings. The van der Waals surface area contributed by atoms with Gasteiger partial charge in [-0.1, -0.05) is 19.9 Å². The van der Waals surface area contributed by atoms with Crippen LogP contribution in [0.5, 0.6) is 5.75 Å². The fourth-order valence-corrected chi connectivity index (χ4v) is 3.76. The van der Waals surface area contributed by atoms with Gasteiger partial charge in [-0.2, -0.15) is 0 Å². The number of esters is 1. The SMILES string of the molecule is CCCN(CCC)CCOc1ccc2c(ccc3occ(CC(=O)OCC)c32)c1. The molecular weight excluding hydrogens is 366 g/mol. The molecule has 0 spiro atoms. The monoisotopic (exact) mass is 397 g/mol. The van der Waals surface area contributed by atoms with Gasteiger partial charge in [-0.3, -0.25) is 9.69 Å². The van der Waals surface area contributed by atoms with E-state index in [1.165, 1.54) is 0 Å². The second-order valence-electron chi connectivity index (χ2n) is 7.25. The van der Waals surface area contributed by atoms with Crippen molar-refractivity contribution in [1.29, 1.82) is 0 Å². The molecule has 0 unspecified atom stereocenters. The number of fused-ring (bicyclic) bond motifs is 3. The second-order valence-corrected chi connectivity index (χ2v) is 7.25. The lowest BCUT2D eigenvalue weighted by Crippen LogP contribution is -2.30. The summed E-state index contributed by atoms with van der Waals surface area (Å²) in [4.78, 5) is 14.4. The van der Waals surface area contributed by atoms with Crippen molar-refractivity contribution in [3.63, 3.8) is 0 Å². The molecule has 0 aliphatic heterocycles. The first-order chi connectivity index (χ1) is 14.2. The summed E-state index contributed by atoms with van der Waals surface area (Å²) in [5.74, 6) is 0.621. The minimum Gasteiger partial charge on any atom is -0.492 e. The van der Waals surface area contributed by atoms with Crippen LogP contribution in [-0.4, -0.2) is 43.7 Å². The second kappa shape index (κ2) is 10.3. The molecule has 1 aromatic heterocycles. The van der Waals surface area contributed by atoms with E-state index in [1.807, 2.05) is 31.2 Å². The third kappa shape index (κ3) is 5.30. The summed E-state index contributed by atoms with van der Waals surface area (Å²) in [6.45, 7) is 10.4. The first kappa shape index (κ1) is 21.2. The molecule has 29 heavy (non-hydrogen) atoms. The van der Waals surface area contributed by atoms with E-state index in [0.29, 0.717) is 13.2 Å². The van der Waals surface area contributed by atoms with Gasteiger partial charge in [-0.25, -0.2) is 0 Å². The third-order valence-corrected chi connectivity index (χ3v) is 5.00. The van der Waals surface area contributed by atoms with E-state index >= 15 is 0 Å². The Hall–Kier alpha value is -2.53. The molecule has 2 aromatic carbocycles. The van der Waals surface area contributed by atoms with E-state index in [1.54, 1.807) is 6.26 Å². The Labute approximate surface area is 172 Å². The van der Waals surface area contributed by atoms with Crippen LogP contribution in [0.4, 0.5) is 0 Å². The van der Waals surface area contributed by atoms with Gasteiger partial charge in [-0.05, 0) is 67.9 Å². The molecule has 0 aliphatic carbocycles. The Morgan fingerprint density at radius 2 is 1.83 bits per heavy atom. The van der Waals surface area contributed by atoms with Gasteiger partial charge in [0.05, 0.1) is 19.3 Å². The Kier molecular flexibility index (Phi) is 7.53. The van der Waals surface area contributed by atoms with Gasteiger partial charge in [0, 0.05) is 17.5 Å². The van der Waals surface area contributed by atoms with E-state index < -0.39 is 0 Å². The zero-order chi connectivity index (χ0) is 20.6. The van der Waals surface area contributed by atoms with Crippen molar-refractivity contribution in [3.05, 3.63) is 42.2 Å². The smallest absolute Gasteiger partial charge is 0.310 e. The zero-order valence-corrected chi connectivity index (χ0v) is 17.7. The minimum absolute atomic E-state index is 0.211. The van der Waals surface area contributed by atoms with Crippen molar-refractivity contribution < 1.29 is 18.7 Å². The number of hydrogen-bond acceptors (Lipinski definition) is 5. The number of rotatable bonds is 11. The summed E-state index contributed by atoms with van der Waals surface area (Å²) < 4.78 is 16.8. The summed E-state index contributed by atoms with van der Waals surface area (Å²) in [6.07, 6.45) is 4.18. The summed E-state index contributed by atoms with van der Waals surface area (Å²) in [7, 11) is 0. The lowest BCUT2D eigenvalue weighted by atomic mass is 10.0. The van der Waals surface area contributed by atoms with Crippen molar-refractivity contribution in [2.75, 3.05) is 32.8 Å². The topological polar surface area (TPSA) is 51.9 Å². The average molecular weight is 398 g/mol. The number of carbonyl (C=O) groups excluding carboxylic acids is 1. The molecule has 0 N–H and O–H groups in total. The Bertz CT molecular complexity index is 941. The summed E-state index contributed by atoms with van der Waals surface area (Å²) in [6, 6.07) is 10.1. The van der Waals surface area contributed by atoms with Crippen molar-refractivity contribution >= 4 is 27.7 Å². The van der Waals surface area contributed by atoms with Crippen LogP contribution in [0.3, 0.4) is 0 Å². The van der Waals surface area contributed by atoms with E-state index in [-0.39, 0.29) is 12.4 Å². The summed E-state index contributed by atoms with van der Waals surface area (Å²) in [5, 5.41) is 3.10.